The first-order valence-corrected chi connectivity index (χ1v) is 7.65. The summed E-state index contributed by atoms with van der Waals surface area (Å²) in [5.41, 5.74) is 1.13. The second-order valence-corrected chi connectivity index (χ2v) is 5.81. The van der Waals surface area contributed by atoms with E-state index in [1.165, 1.54) is 10.8 Å². The van der Waals surface area contributed by atoms with Crippen molar-refractivity contribution in [2.24, 2.45) is 0 Å². The van der Waals surface area contributed by atoms with Crippen LogP contribution in [0.4, 0.5) is 0 Å². The van der Waals surface area contributed by atoms with Crippen LogP contribution in [0.1, 0.15) is 5.56 Å². The van der Waals surface area contributed by atoms with Crippen molar-refractivity contribution >= 4 is 26.7 Å². The van der Waals surface area contributed by atoms with Gasteiger partial charge in [0.25, 0.3) is 0 Å². The molecule has 3 aromatic rings. The van der Waals surface area contributed by atoms with Gasteiger partial charge in [-0.3, -0.25) is 0 Å². The summed E-state index contributed by atoms with van der Waals surface area (Å²) >= 11 is 3.50. The zero-order chi connectivity index (χ0) is 14.7. The van der Waals surface area contributed by atoms with Crippen molar-refractivity contribution in [3.8, 4) is 11.5 Å². The lowest BCUT2D eigenvalue weighted by Gasteiger charge is -2.12. The Kier molecular flexibility index (Phi) is 4.23. The molecule has 106 valence electrons. The summed E-state index contributed by atoms with van der Waals surface area (Å²) in [5, 5.41) is 5.56. The lowest BCUT2D eigenvalue weighted by molar-refractivity contribution is 0.474. The van der Waals surface area contributed by atoms with Crippen molar-refractivity contribution in [3.05, 3.63) is 70.7 Å². The maximum Gasteiger partial charge on any atom is 0.133 e. The molecule has 0 aromatic heterocycles. The van der Waals surface area contributed by atoms with E-state index in [9.17, 15) is 0 Å². The molecule has 0 saturated carbocycles. The smallest absolute Gasteiger partial charge is 0.133 e. The van der Waals surface area contributed by atoms with Crippen LogP contribution < -0.4 is 10.1 Å². The maximum absolute atomic E-state index is 6.08. The summed E-state index contributed by atoms with van der Waals surface area (Å²) in [6.07, 6.45) is 0. The van der Waals surface area contributed by atoms with Gasteiger partial charge in [0.15, 0.2) is 0 Å². The summed E-state index contributed by atoms with van der Waals surface area (Å²) in [7, 11) is 1.93. The molecule has 0 aliphatic carbocycles. The van der Waals surface area contributed by atoms with E-state index < -0.39 is 0 Å². The molecular formula is C18H16BrNO. The summed E-state index contributed by atoms with van der Waals surface area (Å²) in [5.74, 6) is 1.72. The van der Waals surface area contributed by atoms with Gasteiger partial charge in [-0.2, -0.15) is 0 Å². The summed E-state index contributed by atoms with van der Waals surface area (Å²) in [6.45, 7) is 0.774. The first-order chi connectivity index (χ1) is 10.3. The van der Waals surface area contributed by atoms with E-state index in [4.69, 9.17) is 4.74 Å². The van der Waals surface area contributed by atoms with Gasteiger partial charge in [0.05, 0.1) is 0 Å². The first kappa shape index (κ1) is 14.1. The summed E-state index contributed by atoms with van der Waals surface area (Å²) in [6, 6.07) is 20.5. The molecule has 0 radical (unpaired) electrons. The average molecular weight is 342 g/mol. The van der Waals surface area contributed by atoms with Crippen molar-refractivity contribution in [1.82, 2.24) is 5.32 Å². The van der Waals surface area contributed by atoms with Crippen LogP contribution in [-0.4, -0.2) is 7.05 Å². The highest BCUT2D eigenvalue weighted by atomic mass is 79.9. The van der Waals surface area contributed by atoms with Crippen molar-refractivity contribution < 1.29 is 4.74 Å². The van der Waals surface area contributed by atoms with Crippen LogP contribution in [0, 0.1) is 0 Å². The summed E-state index contributed by atoms with van der Waals surface area (Å²) in [4.78, 5) is 0. The van der Waals surface area contributed by atoms with E-state index in [-0.39, 0.29) is 0 Å². The van der Waals surface area contributed by atoms with Crippen LogP contribution in [0.25, 0.3) is 10.8 Å². The minimum absolute atomic E-state index is 0.774. The normalized spacial score (nSPS) is 10.8. The Hall–Kier alpha value is -1.84. The lowest BCUT2D eigenvalue weighted by atomic mass is 10.1. The fourth-order valence-corrected chi connectivity index (χ4v) is 2.66. The highest BCUT2D eigenvalue weighted by Crippen LogP contribution is 2.30. The molecule has 0 saturated heterocycles. The number of rotatable bonds is 4. The molecule has 0 atom stereocenters. The minimum atomic E-state index is 0.774. The number of ether oxygens (including phenoxy) is 1. The van der Waals surface area contributed by atoms with Gasteiger partial charge in [0, 0.05) is 16.6 Å². The predicted molar refractivity (Wildman–Crippen MR) is 90.9 cm³/mol. The Morgan fingerprint density at radius 3 is 2.57 bits per heavy atom. The van der Waals surface area contributed by atoms with Crippen LogP contribution in [0.5, 0.6) is 11.5 Å². The predicted octanol–water partition coefficient (Wildman–Crippen LogP) is 5.11. The molecule has 0 bridgehead atoms. The van der Waals surface area contributed by atoms with Gasteiger partial charge < -0.3 is 10.1 Å². The molecule has 0 aliphatic rings. The van der Waals surface area contributed by atoms with Crippen molar-refractivity contribution in [2.45, 2.75) is 6.54 Å². The van der Waals surface area contributed by atoms with Gasteiger partial charge in [-0.25, -0.2) is 0 Å². The molecule has 3 rings (SSSR count). The zero-order valence-electron chi connectivity index (χ0n) is 11.8. The lowest BCUT2D eigenvalue weighted by Crippen LogP contribution is -2.06. The van der Waals surface area contributed by atoms with Crippen molar-refractivity contribution in [2.75, 3.05) is 7.05 Å². The third-order valence-corrected chi connectivity index (χ3v) is 3.84. The fourth-order valence-electron chi connectivity index (χ4n) is 2.32. The van der Waals surface area contributed by atoms with Crippen LogP contribution in [0.3, 0.4) is 0 Å². The van der Waals surface area contributed by atoms with E-state index in [1.807, 2.05) is 37.4 Å². The van der Waals surface area contributed by atoms with E-state index >= 15 is 0 Å². The van der Waals surface area contributed by atoms with Gasteiger partial charge >= 0.3 is 0 Å². The number of nitrogens with one attached hydrogen (secondary N) is 1. The molecule has 0 amide bonds. The Morgan fingerprint density at radius 2 is 1.76 bits per heavy atom. The number of benzene rings is 3. The molecule has 0 spiro atoms. The van der Waals surface area contributed by atoms with Crippen LogP contribution in [0.15, 0.2) is 65.1 Å². The Balaban J connectivity index is 1.95. The third-order valence-electron chi connectivity index (χ3n) is 3.35. The Morgan fingerprint density at radius 1 is 0.952 bits per heavy atom. The maximum atomic E-state index is 6.08. The van der Waals surface area contributed by atoms with E-state index in [1.54, 1.807) is 0 Å². The van der Waals surface area contributed by atoms with Crippen LogP contribution in [0.2, 0.25) is 0 Å². The van der Waals surface area contributed by atoms with Crippen molar-refractivity contribution in [3.63, 3.8) is 0 Å². The molecule has 0 heterocycles. The molecule has 0 unspecified atom stereocenters. The molecule has 3 aromatic carbocycles. The van der Waals surface area contributed by atoms with E-state index in [0.29, 0.717) is 0 Å². The third kappa shape index (κ3) is 3.26. The van der Waals surface area contributed by atoms with Crippen molar-refractivity contribution in [1.29, 1.82) is 0 Å². The van der Waals surface area contributed by atoms with Crippen LogP contribution in [-0.2, 0) is 6.54 Å². The Labute approximate surface area is 132 Å². The fraction of sp³-hybridized carbons (Fsp3) is 0.111. The molecule has 2 nitrogen and oxygen atoms in total. The standard InChI is InChI=1S/C18H16BrNO/c1-20-12-15-6-8-16(19)11-18(15)21-17-9-7-13-4-2-3-5-14(13)10-17/h2-11,20H,12H2,1H3. The van der Waals surface area contributed by atoms with Gasteiger partial charge in [0.2, 0.25) is 0 Å². The molecular weight excluding hydrogens is 326 g/mol. The highest BCUT2D eigenvalue weighted by Gasteiger charge is 2.06. The van der Waals surface area contributed by atoms with E-state index in [0.717, 1.165) is 28.1 Å². The SMILES string of the molecule is CNCc1ccc(Br)cc1Oc1ccc2ccccc2c1. The largest absolute Gasteiger partial charge is 0.457 e. The molecule has 0 fully saturated rings. The second kappa shape index (κ2) is 6.29. The number of hydrogen-bond donors (Lipinski definition) is 1. The monoisotopic (exact) mass is 341 g/mol. The van der Waals surface area contributed by atoms with Gasteiger partial charge in [-0.05, 0) is 42.1 Å². The second-order valence-electron chi connectivity index (χ2n) is 4.89. The van der Waals surface area contributed by atoms with E-state index in [2.05, 4.69) is 51.6 Å². The molecule has 21 heavy (non-hydrogen) atoms. The minimum Gasteiger partial charge on any atom is -0.457 e. The molecule has 1 N–H and O–H groups in total. The number of halogens is 1. The average Bonchev–Trinajstić information content (AvgIpc) is 2.50. The number of hydrogen-bond acceptors (Lipinski definition) is 2. The Bertz CT molecular complexity index is 770. The summed E-state index contributed by atoms with van der Waals surface area (Å²) < 4.78 is 7.09. The van der Waals surface area contributed by atoms with Gasteiger partial charge in [-0.15, -0.1) is 0 Å². The molecule has 0 aliphatic heterocycles. The first-order valence-electron chi connectivity index (χ1n) is 6.86. The topological polar surface area (TPSA) is 21.3 Å². The highest BCUT2D eigenvalue weighted by molar-refractivity contribution is 9.10. The van der Waals surface area contributed by atoms with Gasteiger partial charge in [-0.1, -0.05) is 52.3 Å². The number of fused-ring (bicyclic) bond motifs is 1. The zero-order valence-corrected chi connectivity index (χ0v) is 13.4. The van der Waals surface area contributed by atoms with Crippen LogP contribution >= 0.6 is 15.9 Å². The molecule has 3 heteroatoms. The quantitative estimate of drug-likeness (QED) is 0.711. The van der Waals surface area contributed by atoms with Gasteiger partial charge in [0.1, 0.15) is 11.5 Å².